The molecule has 0 saturated carbocycles. The number of aryl methyl sites for hydroxylation is 2. The monoisotopic (exact) mass is 233 g/mol. The molecule has 2 heteroatoms. The predicted molar refractivity (Wildman–Crippen MR) is 71.3 cm³/mol. The summed E-state index contributed by atoms with van der Waals surface area (Å²) >= 11 is 0. The molecule has 1 unspecified atom stereocenters. The Morgan fingerprint density at radius 2 is 1.88 bits per heavy atom. The fourth-order valence-electron chi connectivity index (χ4n) is 2.69. The summed E-state index contributed by atoms with van der Waals surface area (Å²) in [6, 6.07) is 6.71. The third-order valence-electron chi connectivity index (χ3n) is 3.93. The summed E-state index contributed by atoms with van der Waals surface area (Å²) in [7, 11) is 1.84. The molecule has 0 bridgehead atoms. The number of benzene rings is 1. The standard InChI is InChI=1S/C15H23NO/c1-11-4-5-14(10-12(11)2)15(17-3)13-6-8-16-9-7-13/h4-5,10,13,15-16H,6-9H2,1-3H3. The second-order valence-corrected chi connectivity index (χ2v) is 5.09. The first-order valence-electron chi connectivity index (χ1n) is 6.53. The molecule has 1 aliphatic rings. The number of piperidine rings is 1. The van der Waals surface area contributed by atoms with E-state index in [1.54, 1.807) is 0 Å². The number of hydrogen-bond donors (Lipinski definition) is 1. The van der Waals surface area contributed by atoms with Crippen molar-refractivity contribution in [3.05, 3.63) is 34.9 Å². The Hall–Kier alpha value is -0.860. The Bertz CT molecular complexity index is 369. The first-order chi connectivity index (χ1) is 8.22. The lowest BCUT2D eigenvalue weighted by atomic mass is 9.87. The molecule has 1 fully saturated rings. The first-order valence-corrected chi connectivity index (χ1v) is 6.53. The van der Waals surface area contributed by atoms with E-state index in [0.717, 1.165) is 13.1 Å². The third-order valence-corrected chi connectivity index (χ3v) is 3.93. The maximum Gasteiger partial charge on any atom is 0.0850 e. The van der Waals surface area contributed by atoms with Crippen LogP contribution >= 0.6 is 0 Å². The molecule has 1 N–H and O–H groups in total. The molecule has 94 valence electrons. The molecule has 17 heavy (non-hydrogen) atoms. The largest absolute Gasteiger partial charge is 0.376 e. The zero-order chi connectivity index (χ0) is 12.3. The molecule has 0 aliphatic carbocycles. The highest BCUT2D eigenvalue weighted by Gasteiger charge is 2.24. The molecule has 1 aromatic rings. The van der Waals surface area contributed by atoms with Crippen molar-refractivity contribution in [2.45, 2.75) is 32.8 Å². The summed E-state index contributed by atoms with van der Waals surface area (Å²) in [4.78, 5) is 0. The van der Waals surface area contributed by atoms with Crippen molar-refractivity contribution in [1.82, 2.24) is 5.32 Å². The van der Waals surface area contributed by atoms with Crippen molar-refractivity contribution in [3.8, 4) is 0 Å². The predicted octanol–water partition coefficient (Wildman–Crippen LogP) is 2.99. The van der Waals surface area contributed by atoms with Crippen molar-refractivity contribution < 1.29 is 4.74 Å². The van der Waals surface area contributed by atoms with Crippen LogP contribution in [0.2, 0.25) is 0 Å². The van der Waals surface area contributed by atoms with Gasteiger partial charge in [0.2, 0.25) is 0 Å². The molecule has 0 spiro atoms. The first kappa shape index (κ1) is 12.6. The Balaban J connectivity index is 2.18. The van der Waals surface area contributed by atoms with Gasteiger partial charge in [-0.1, -0.05) is 18.2 Å². The smallest absolute Gasteiger partial charge is 0.0850 e. The van der Waals surface area contributed by atoms with Gasteiger partial charge in [-0.25, -0.2) is 0 Å². The molecule has 1 saturated heterocycles. The second kappa shape index (κ2) is 5.65. The van der Waals surface area contributed by atoms with Gasteiger partial charge in [0.05, 0.1) is 6.10 Å². The maximum atomic E-state index is 5.74. The molecular formula is C15H23NO. The summed E-state index contributed by atoms with van der Waals surface area (Å²) < 4.78 is 5.74. The number of hydrogen-bond acceptors (Lipinski definition) is 2. The van der Waals surface area contributed by atoms with Gasteiger partial charge in [-0.3, -0.25) is 0 Å². The SMILES string of the molecule is COC(c1ccc(C)c(C)c1)C1CCNCC1. The van der Waals surface area contributed by atoms with Crippen LogP contribution in [0.5, 0.6) is 0 Å². The molecule has 1 aromatic carbocycles. The van der Waals surface area contributed by atoms with Gasteiger partial charge in [0, 0.05) is 7.11 Å². The van der Waals surface area contributed by atoms with Gasteiger partial charge in [0.15, 0.2) is 0 Å². The third kappa shape index (κ3) is 2.88. The van der Waals surface area contributed by atoms with E-state index in [1.165, 1.54) is 29.5 Å². The molecular weight excluding hydrogens is 210 g/mol. The Morgan fingerprint density at radius 3 is 2.47 bits per heavy atom. The lowest BCUT2D eigenvalue weighted by Gasteiger charge is -2.30. The maximum absolute atomic E-state index is 5.74. The van der Waals surface area contributed by atoms with Crippen molar-refractivity contribution in [2.75, 3.05) is 20.2 Å². The van der Waals surface area contributed by atoms with Gasteiger partial charge >= 0.3 is 0 Å². The Morgan fingerprint density at radius 1 is 1.18 bits per heavy atom. The quantitative estimate of drug-likeness (QED) is 0.866. The van der Waals surface area contributed by atoms with E-state index in [9.17, 15) is 0 Å². The number of ether oxygens (including phenoxy) is 1. The second-order valence-electron chi connectivity index (χ2n) is 5.09. The fourth-order valence-corrected chi connectivity index (χ4v) is 2.69. The average Bonchev–Trinajstić information content (AvgIpc) is 2.36. The molecule has 2 nitrogen and oxygen atoms in total. The molecule has 1 atom stereocenters. The Kier molecular flexibility index (Phi) is 4.19. The summed E-state index contributed by atoms with van der Waals surface area (Å²) in [5, 5.41) is 3.41. The highest BCUT2D eigenvalue weighted by Crippen LogP contribution is 2.32. The van der Waals surface area contributed by atoms with Crippen LogP contribution < -0.4 is 5.32 Å². The van der Waals surface area contributed by atoms with Crippen molar-refractivity contribution >= 4 is 0 Å². The van der Waals surface area contributed by atoms with Gasteiger partial charge in [-0.2, -0.15) is 0 Å². The van der Waals surface area contributed by atoms with Gasteiger partial charge in [-0.15, -0.1) is 0 Å². The summed E-state index contributed by atoms with van der Waals surface area (Å²) in [5.41, 5.74) is 4.05. The lowest BCUT2D eigenvalue weighted by molar-refractivity contribution is 0.0382. The minimum Gasteiger partial charge on any atom is -0.376 e. The van der Waals surface area contributed by atoms with Crippen LogP contribution in [0, 0.1) is 19.8 Å². The van der Waals surface area contributed by atoms with Crippen LogP contribution in [0.3, 0.4) is 0 Å². The van der Waals surface area contributed by atoms with Gasteiger partial charge in [-0.05, 0) is 62.4 Å². The highest BCUT2D eigenvalue weighted by molar-refractivity contribution is 5.31. The minimum absolute atomic E-state index is 0.261. The van der Waals surface area contributed by atoms with E-state index in [2.05, 4.69) is 37.4 Å². The Labute approximate surface area is 104 Å². The van der Waals surface area contributed by atoms with Crippen molar-refractivity contribution in [1.29, 1.82) is 0 Å². The van der Waals surface area contributed by atoms with E-state index in [0.29, 0.717) is 5.92 Å². The van der Waals surface area contributed by atoms with Gasteiger partial charge in [0.1, 0.15) is 0 Å². The van der Waals surface area contributed by atoms with Crippen LogP contribution in [0.1, 0.15) is 35.6 Å². The van der Waals surface area contributed by atoms with E-state index in [1.807, 2.05) is 7.11 Å². The molecule has 0 amide bonds. The van der Waals surface area contributed by atoms with Crippen molar-refractivity contribution in [2.24, 2.45) is 5.92 Å². The van der Waals surface area contributed by atoms with Crippen LogP contribution in [0.25, 0.3) is 0 Å². The molecule has 1 aliphatic heterocycles. The van der Waals surface area contributed by atoms with Gasteiger partial charge < -0.3 is 10.1 Å². The number of nitrogens with one attached hydrogen (secondary N) is 1. The normalized spacial score (nSPS) is 19.2. The van der Waals surface area contributed by atoms with E-state index in [-0.39, 0.29) is 6.10 Å². The van der Waals surface area contributed by atoms with Crippen LogP contribution in [-0.2, 0) is 4.74 Å². The van der Waals surface area contributed by atoms with Gasteiger partial charge in [0.25, 0.3) is 0 Å². The van der Waals surface area contributed by atoms with E-state index in [4.69, 9.17) is 4.74 Å². The zero-order valence-electron chi connectivity index (χ0n) is 11.1. The van der Waals surface area contributed by atoms with Crippen LogP contribution in [0.15, 0.2) is 18.2 Å². The van der Waals surface area contributed by atoms with E-state index < -0.39 is 0 Å². The fraction of sp³-hybridized carbons (Fsp3) is 0.600. The van der Waals surface area contributed by atoms with E-state index >= 15 is 0 Å². The van der Waals surface area contributed by atoms with Crippen LogP contribution in [-0.4, -0.2) is 20.2 Å². The highest BCUT2D eigenvalue weighted by atomic mass is 16.5. The summed E-state index contributed by atoms with van der Waals surface area (Å²) in [6.45, 7) is 6.57. The zero-order valence-corrected chi connectivity index (χ0v) is 11.1. The van der Waals surface area contributed by atoms with Crippen LogP contribution in [0.4, 0.5) is 0 Å². The molecule has 0 radical (unpaired) electrons. The van der Waals surface area contributed by atoms with Crippen molar-refractivity contribution in [3.63, 3.8) is 0 Å². The number of methoxy groups -OCH3 is 1. The summed E-state index contributed by atoms with van der Waals surface area (Å²) in [5.74, 6) is 0.656. The lowest BCUT2D eigenvalue weighted by Crippen LogP contribution is -2.31. The molecule has 2 rings (SSSR count). The minimum atomic E-state index is 0.261. The topological polar surface area (TPSA) is 21.3 Å². The molecule has 1 heterocycles. The number of rotatable bonds is 3. The average molecular weight is 233 g/mol. The summed E-state index contributed by atoms with van der Waals surface area (Å²) in [6.07, 6.45) is 2.69. The molecule has 0 aromatic heterocycles.